The molecule has 0 aromatic carbocycles. The van der Waals surface area contributed by atoms with E-state index in [9.17, 15) is 0 Å². The van der Waals surface area contributed by atoms with E-state index in [2.05, 4.69) is 4.74 Å². The molecule has 0 aliphatic heterocycles. The Morgan fingerprint density at radius 2 is 1.07 bits per heavy atom. The van der Waals surface area contributed by atoms with Crippen molar-refractivity contribution in [3.63, 3.8) is 0 Å². The molecule has 0 fully saturated rings. The molecule has 0 aliphatic rings. The molecule has 0 bridgehead atoms. The molecule has 0 atom stereocenters. The van der Waals surface area contributed by atoms with Gasteiger partial charge in [-0.05, 0) is 0 Å². The van der Waals surface area contributed by atoms with Crippen molar-refractivity contribution in [1.82, 2.24) is 0 Å². The number of rotatable bonds is 4. The van der Waals surface area contributed by atoms with Gasteiger partial charge in [-0.2, -0.15) is 0 Å². The van der Waals surface area contributed by atoms with Gasteiger partial charge in [-0.15, -0.1) is 0 Å². The Labute approximate surface area is 143 Å². The van der Waals surface area contributed by atoms with Gasteiger partial charge in [0.05, 0.1) is 26.4 Å². The van der Waals surface area contributed by atoms with Gasteiger partial charge in [-0.1, -0.05) is 0 Å². The van der Waals surface area contributed by atoms with Crippen molar-refractivity contribution < 1.29 is 34.1 Å². The van der Waals surface area contributed by atoms with Crippen LogP contribution >= 0.6 is 0 Å². The molecule has 0 saturated heterocycles. The Bertz CT molecular complexity index is 80.2. The minimum Gasteiger partial charge on any atom is -0.894 e. The van der Waals surface area contributed by atoms with Gasteiger partial charge in [0.2, 0.25) is 0 Å². The smallest absolute Gasteiger partial charge is 0.894 e. The molecule has 0 radical (unpaired) electrons. The largest absolute Gasteiger partial charge is 2.00 e. The molecule has 0 spiro atoms. The van der Waals surface area contributed by atoms with E-state index < -0.39 is 9.05 Å². The zero-order chi connectivity index (χ0) is 10.0. The first-order valence-corrected chi connectivity index (χ1v) is 4.66. The maximum atomic E-state index is 8.58. The molecule has 14 heavy (non-hydrogen) atoms. The van der Waals surface area contributed by atoms with E-state index in [1.54, 1.807) is 0 Å². The molecule has 0 amide bonds. The number of hydrogen-bond donors (Lipinski definition) is 2. The fourth-order valence-electron chi connectivity index (χ4n) is 0.231. The maximum Gasteiger partial charge on any atom is 2.00 e. The fraction of sp³-hybridized carbons (Fsp3) is 1.00. The summed E-state index contributed by atoms with van der Waals surface area (Å²) in [6.07, 6.45) is 0. The SMILES string of the molecule is OCCOCCO.[Ca+2].[Ca+2].[O-][Si]([O-])([O-])[O-]. The molecule has 7 nitrogen and oxygen atoms in total. The van der Waals surface area contributed by atoms with Crippen LogP contribution in [0.1, 0.15) is 0 Å². The van der Waals surface area contributed by atoms with Crippen molar-refractivity contribution in [2.45, 2.75) is 0 Å². The predicted octanol–water partition coefficient (Wildman–Crippen LogP) is -6.91. The summed E-state index contributed by atoms with van der Waals surface area (Å²) < 4.78 is 4.63. The third-order valence-electron chi connectivity index (χ3n) is 0.471. The topological polar surface area (TPSA) is 142 Å². The van der Waals surface area contributed by atoms with Crippen molar-refractivity contribution in [2.75, 3.05) is 26.4 Å². The maximum absolute atomic E-state index is 8.58. The van der Waals surface area contributed by atoms with E-state index in [-0.39, 0.29) is 88.7 Å². The third-order valence-corrected chi connectivity index (χ3v) is 0.471. The molecule has 0 aliphatic carbocycles. The first-order chi connectivity index (χ1) is 5.41. The van der Waals surface area contributed by atoms with E-state index in [0.717, 1.165) is 0 Å². The van der Waals surface area contributed by atoms with Gasteiger partial charge < -0.3 is 43.2 Å². The Morgan fingerprint density at radius 3 is 1.21 bits per heavy atom. The van der Waals surface area contributed by atoms with Gasteiger partial charge in [0.15, 0.2) is 0 Å². The third kappa shape index (κ3) is 62.8. The first-order valence-electron chi connectivity index (χ1n) is 3.03. The van der Waals surface area contributed by atoms with Crippen molar-refractivity contribution in [1.29, 1.82) is 0 Å². The Balaban J connectivity index is -0.0000000651. The van der Waals surface area contributed by atoms with Gasteiger partial charge in [-0.25, -0.2) is 0 Å². The minimum absolute atomic E-state index is 0. The van der Waals surface area contributed by atoms with Crippen LogP contribution in [0.15, 0.2) is 0 Å². The van der Waals surface area contributed by atoms with Gasteiger partial charge in [-0.3, -0.25) is 0 Å². The van der Waals surface area contributed by atoms with E-state index >= 15 is 0 Å². The van der Waals surface area contributed by atoms with E-state index in [1.165, 1.54) is 0 Å². The van der Waals surface area contributed by atoms with Crippen molar-refractivity contribution in [3.8, 4) is 0 Å². The Hall–Kier alpha value is 2.46. The molecule has 0 unspecified atom stereocenters. The molecule has 0 aromatic rings. The van der Waals surface area contributed by atoms with Gasteiger partial charge in [0.25, 0.3) is 0 Å². The summed E-state index contributed by atoms with van der Waals surface area (Å²) in [6.45, 7) is 0.696. The van der Waals surface area contributed by atoms with Crippen LogP contribution in [0.2, 0.25) is 0 Å². The van der Waals surface area contributed by atoms with Crippen LogP contribution in [-0.2, 0) is 4.74 Å². The molecule has 76 valence electrons. The molecule has 10 heteroatoms. The second-order valence-corrected chi connectivity index (χ2v) is 2.56. The summed E-state index contributed by atoms with van der Waals surface area (Å²) >= 11 is 0. The average molecular weight is 278 g/mol. The van der Waals surface area contributed by atoms with Crippen molar-refractivity contribution in [2.24, 2.45) is 0 Å². The quantitative estimate of drug-likeness (QED) is 0.384. The van der Waals surface area contributed by atoms with Crippen LogP contribution in [0.4, 0.5) is 0 Å². The summed E-state index contributed by atoms with van der Waals surface area (Å²) in [6, 6.07) is 0. The summed E-state index contributed by atoms with van der Waals surface area (Å²) in [5.41, 5.74) is 0. The van der Waals surface area contributed by atoms with E-state index in [4.69, 9.17) is 29.4 Å². The molecule has 0 aromatic heterocycles. The van der Waals surface area contributed by atoms with Crippen LogP contribution < -0.4 is 19.2 Å². The normalized spacial score (nSPS) is 9.00. The van der Waals surface area contributed by atoms with Crippen LogP contribution in [-0.4, -0.2) is 121 Å². The standard InChI is InChI=1S/C4H10O3.2Ca.O4Si/c5-1-3-7-4-2-6;;;1-5(2,3)4/h5-6H,1-4H2;;;/q;2*+2;-4. The van der Waals surface area contributed by atoms with Crippen LogP contribution in [0.3, 0.4) is 0 Å². The number of ether oxygens (including phenoxy) is 1. The summed E-state index contributed by atoms with van der Waals surface area (Å²) in [4.78, 5) is 34.3. The monoisotopic (exact) mass is 278 g/mol. The predicted molar refractivity (Wildman–Crippen MR) is 42.3 cm³/mol. The summed E-state index contributed by atoms with van der Waals surface area (Å²) in [5, 5.41) is 16.2. The molecule has 0 saturated carbocycles. The first kappa shape index (κ1) is 25.3. The molecule has 0 rings (SSSR count). The zero-order valence-electron chi connectivity index (χ0n) is 7.68. The van der Waals surface area contributed by atoms with Crippen molar-refractivity contribution >= 4 is 84.5 Å². The minimum atomic E-state index is -5.61. The molecular formula is C4H10Ca2O7Si. The van der Waals surface area contributed by atoms with Crippen LogP contribution in [0, 0.1) is 0 Å². The van der Waals surface area contributed by atoms with Gasteiger partial charge in [0, 0.05) is 0 Å². The molecule has 2 N–H and O–H groups in total. The van der Waals surface area contributed by atoms with E-state index in [1.807, 2.05) is 0 Å². The van der Waals surface area contributed by atoms with Gasteiger partial charge >= 0.3 is 75.5 Å². The van der Waals surface area contributed by atoms with Crippen LogP contribution in [0.25, 0.3) is 0 Å². The second-order valence-electron chi connectivity index (χ2n) is 1.56. The Kier molecular flexibility index (Phi) is 32.3. The second kappa shape index (κ2) is 17.8. The van der Waals surface area contributed by atoms with Gasteiger partial charge in [0.1, 0.15) is 0 Å². The summed E-state index contributed by atoms with van der Waals surface area (Å²) in [5.74, 6) is 0. The molecular weight excluding hydrogens is 268 g/mol. The zero-order valence-corrected chi connectivity index (χ0v) is 13.1. The fourth-order valence-corrected chi connectivity index (χ4v) is 0.231. The Morgan fingerprint density at radius 1 is 0.857 bits per heavy atom. The number of hydrogen-bond acceptors (Lipinski definition) is 7. The van der Waals surface area contributed by atoms with Crippen LogP contribution in [0.5, 0.6) is 0 Å². The number of aliphatic hydroxyl groups excluding tert-OH is 2. The average Bonchev–Trinajstić information content (AvgIpc) is 1.85. The van der Waals surface area contributed by atoms with Crippen molar-refractivity contribution in [3.05, 3.63) is 0 Å². The van der Waals surface area contributed by atoms with E-state index in [0.29, 0.717) is 13.2 Å². The molecule has 0 heterocycles. The number of aliphatic hydroxyl groups is 2. The summed E-state index contributed by atoms with van der Waals surface area (Å²) in [7, 11) is -5.61.